The van der Waals surface area contributed by atoms with Crippen molar-refractivity contribution in [1.82, 2.24) is 14.9 Å². The molecule has 0 saturated carbocycles. The van der Waals surface area contributed by atoms with E-state index >= 15 is 0 Å². The third kappa shape index (κ3) is 4.77. The number of ether oxygens (including phenoxy) is 1. The van der Waals surface area contributed by atoms with Gasteiger partial charge in [0, 0.05) is 17.5 Å². The summed E-state index contributed by atoms with van der Waals surface area (Å²) >= 11 is 1.65. The highest BCUT2D eigenvalue weighted by Crippen LogP contribution is 2.33. The molecule has 1 atom stereocenters. The monoisotopic (exact) mass is 389 g/mol. The van der Waals surface area contributed by atoms with Crippen LogP contribution >= 0.6 is 11.3 Å². The number of thiophene rings is 1. The van der Waals surface area contributed by atoms with Gasteiger partial charge in [0.2, 0.25) is 0 Å². The second-order valence-corrected chi connectivity index (χ2v) is 8.38. The Kier molecular flexibility index (Phi) is 6.66. The first-order valence-electron chi connectivity index (χ1n) is 9.46. The number of hydrogen-bond acceptors (Lipinski definition) is 6. The van der Waals surface area contributed by atoms with E-state index in [9.17, 15) is 9.90 Å². The van der Waals surface area contributed by atoms with Crippen LogP contribution in [0.4, 0.5) is 0 Å². The van der Waals surface area contributed by atoms with E-state index in [4.69, 9.17) is 16.1 Å². The normalized spacial score (nSPS) is 15.3. The molecule has 1 aliphatic rings. The predicted octanol–water partition coefficient (Wildman–Crippen LogP) is 2.08. The number of aliphatic hydroxyl groups excluding tert-OH is 1. The SMILES string of the molecule is C#CCOCC(O)CN(Cc1nc2sc3c(c2c(=O)[nH]1)CCCC3)C(C)C. The van der Waals surface area contributed by atoms with Crippen molar-refractivity contribution < 1.29 is 9.84 Å². The van der Waals surface area contributed by atoms with Gasteiger partial charge < -0.3 is 14.8 Å². The standard InChI is InChI=1S/C20H27N3O3S/c1-4-9-26-12-14(24)10-23(13(2)3)11-17-21-19(25)18-15-7-5-6-8-16(15)27-20(18)22-17/h1,13-14,24H,5-12H2,2-3H3,(H,21,22,25). The fraction of sp³-hybridized carbons (Fsp3) is 0.600. The first-order chi connectivity index (χ1) is 13.0. The zero-order valence-corrected chi connectivity index (χ0v) is 16.8. The van der Waals surface area contributed by atoms with Crippen LogP contribution in [-0.4, -0.2) is 51.9 Å². The number of hydrogen-bond donors (Lipinski definition) is 2. The molecule has 0 fully saturated rings. The Morgan fingerprint density at radius 1 is 1.41 bits per heavy atom. The summed E-state index contributed by atoms with van der Waals surface area (Å²) < 4.78 is 5.21. The molecule has 0 amide bonds. The van der Waals surface area contributed by atoms with Gasteiger partial charge in [0.25, 0.3) is 5.56 Å². The molecular formula is C20H27N3O3S. The summed E-state index contributed by atoms with van der Waals surface area (Å²) in [6.45, 7) is 5.37. The van der Waals surface area contributed by atoms with Crippen molar-refractivity contribution in [1.29, 1.82) is 0 Å². The van der Waals surface area contributed by atoms with Crippen LogP contribution in [0.3, 0.4) is 0 Å². The highest BCUT2D eigenvalue weighted by molar-refractivity contribution is 7.18. The van der Waals surface area contributed by atoms with Crippen molar-refractivity contribution in [3.05, 3.63) is 26.6 Å². The molecule has 2 aromatic heterocycles. The van der Waals surface area contributed by atoms with Gasteiger partial charge in [0.1, 0.15) is 17.3 Å². The number of terminal acetylenes is 1. The first-order valence-corrected chi connectivity index (χ1v) is 10.3. The lowest BCUT2D eigenvalue weighted by molar-refractivity contribution is 0.0186. The van der Waals surface area contributed by atoms with Gasteiger partial charge in [-0.25, -0.2) is 4.98 Å². The molecule has 1 aliphatic carbocycles. The van der Waals surface area contributed by atoms with Gasteiger partial charge in [-0.05, 0) is 45.1 Å². The maximum absolute atomic E-state index is 12.7. The van der Waals surface area contributed by atoms with Gasteiger partial charge in [-0.1, -0.05) is 5.92 Å². The molecule has 0 bridgehead atoms. The quantitative estimate of drug-likeness (QED) is 0.534. The maximum atomic E-state index is 12.7. The fourth-order valence-electron chi connectivity index (χ4n) is 3.51. The van der Waals surface area contributed by atoms with Crippen LogP contribution in [-0.2, 0) is 24.1 Å². The van der Waals surface area contributed by atoms with Gasteiger partial charge >= 0.3 is 0 Å². The van der Waals surface area contributed by atoms with E-state index in [1.54, 1.807) is 11.3 Å². The zero-order valence-electron chi connectivity index (χ0n) is 16.0. The second-order valence-electron chi connectivity index (χ2n) is 7.30. The van der Waals surface area contributed by atoms with E-state index in [2.05, 4.69) is 29.7 Å². The molecule has 0 saturated heterocycles. The van der Waals surface area contributed by atoms with Crippen molar-refractivity contribution in [2.75, 3.05) is 19.8 Å². The third-order valence-electron chi connectivity index (χ3n) is 4.90. The molecule has 7 heteroatoms. The molecule has 2 N–H and O–H groups in total. The van der Waals surface area contributed by atoms with E-state index in [-0.39, 0.29) is 24.8 Å². The van der Waals surface area contributed by atoms with Crippen molar-refractivity contribution in [3.63, 3.8) is 0 Å². The number of nitrogens with one attached hydrogen (secondary N) is 1. The minimum Gasteiger partial charge on any atom is -0.389 e. The van der Waals surface area contributed by atoms with Gasteiger partial charge in [0.05, 0.1) is 24.6 Å². The molecule has 146 valence electrons. The van der Waals surface area contributed by atoms with Gasteiger partial charge in [-0.2, -0.15) is 0 Å². The van der Waals surface area contributed by atoms with Crippen LogP contribution < -0.4 is 5.56 Å². The predicted molar refractivity (Wildman–Crippen MR) is 108 cm³/mol. The molecule has 0 aliphatic heterocycles. The highest BCUT2D eigenvalue weighted by Gasteiger charge is 2.21. The van der Waals surface area contributed by atoms with Crippen molar-refractivity contribution in [2.45, 2.75) is 58.2 Å². The Morgan fingerprint density at radius 2 is 2.19 bits per heavy atom. The lowest BCUT2D eigenvalue weighted by Gasteiger charge is -2.28. The molecule has 2 aromatic rings. The van der Waals surface area contributed by atoms with Crippen LogP contribution in [0.5, 0.6) is 0 Å². The van der Waals surface area contributed by atoms with E-state index < -0.39 is 6.10 Å². The zero-order chi connectivity index (χ0) is 19.4. The average Bonchev–Trinajstić information content (AvgIpc) is 3.00. The molecule has 6 nitrogen and oxygen atoms in total. The van der Waals surface area contributed by atoms with Crippen molar-refractivity contribution >= 4 is 21.6 Å². The Hall–Kier alpha value is -1.72. The number of H-pyrrole nitrogens is 1. The topological polar surface area (TPSA) is 78.5 Å². The number of fused-ring (bicyclic) bond motifs is 3. The van der Waals surface area contributed by atoms with Crippen molar-refractivity contribution in [3.8, 4) is 12.3 Å². The summed E-state index contributed by atoms with van der Waals surface area (Å²) in [6.07, 6.45) is 8.85. The molecule has 0 spiro atoms. The second kappa shape index (κ2) is 8.98. The number of aliphatic hydroxyl groups is 1. The molecule has 3 rings (SSSR count). The van der Waals surface area contributed by atoms with E-state index in [1.165, 1.54) is 16.9 Å². The van der Waals surface area contributed by atoms with Crippen LogP contribution in [0.15, 0.2) is 4.79 Å². The number of rotatable bonds is 8. The van der Waals surface area contributed by atoms with Crippen molar-refractivity contribution in [2.24, 2.45) is 0 Å². The lowest BCUT2D eigenvalue weighted by atomic mass is 9.97. The smallest absolute Gasteiger partial charge is 0.259 e. The molecule has 2 heterocycles. The van der Waals surface area contributed by atoms with Gasteiger partial charge in [-0.3, -0.25) is 9.69 Å². The number of aromatic amines is 1. The summed E-state index contributed by atoms with van der Waals surface area (Å²) in [5, 5.41) is 11.0. The van der Waals surface area contributed by atoms with Gasteiger partial charge in [-0.15, -0.1) is 17.8 Å². The van der Waals surface area contributed by atoms with Crippen LogP contribution in [0.25, 0.3) is 10.2 Å². The number of aromatic nitrogens is 2. The average molecular weight is 390 g/mol. The van der Waals surface area contributed by atoms with Crippen LogP contribution in [0, 0.1) is 12.3 Å². The summed E-state index contributed by atoms with van der Waals surface area (Å²) in [6, 6.07) is 0.185. The minimum absolute atomic E-state index is 0.0454. The Balaban J connectivity index is 1.77. The summed E-state index contributed by atoms with van der Waals surface area (Å²) in [5.41, 5.74) is 1.15. The van der Waals surface area contributed by atoms with E-state index in [0.717, 1.165) is 29.5 Å². The Morgan fingerprint density at radius 3 is 2.93 bits per heavy atom. The summed E-state index contributed by atoms with van der Waals surface area (Å²) in [7, 11) is 0. The van der Waals surface area contributed by atoms with E-state index in [0.29, 0.717) is 18.9 Å². The largest absolute Gasteiger partial charge is 0.389 e. The molecule has 0 aromatic carbocycles. The molecule has 0 radical (unpaired) electrons. The molecule has 1 unspecified atom stereocenters. The lowest BCUT2D eigenvalue weighted by Crippen LogP contribution is -2.39. The van der Waals surface area contributed by atoms with Crippen LogP contribution in [0.2, 0.25) is 0 Å². The minimum atomic E-state index is -0.648. The summed E-state index contributed by atoms with van der Waals surface area (Å²) in [4.78, 5) is 24.6. The fourth-order valence-corrected chi connectivity index (χ4v) is 4.79. The van der Waals surface area contributed by atoms with Gasteiger partial charge in [0.15, 0.2) is 0 Å². The van der Waals surface area contributed by atoms with Crippen LogP contribution in [0.1, 0.15) is 43.0 Å². The number of nitrogens with zero attached hydrogens (tertiary/aromatic N) is 2. The number of aryl methyl sites for hydroxylation is 2. The third-order valence-corrected chi connectivity index (χ3v) is 6.08. The molecular weight excluding hydrogens is 362 g/mol. The maximum Gasteiger partial charge on any atom is 0.259 e. The van der Waals surface area contributed by atoms with E-state index in [1.807, 2.05) is 0 Å². The Labute approximate surface area is 163 Å². The first kappa shape index (κ1) is 20.0. The summed E-state index contributed by atoms with van der Waals surface area (Å²) in [5.74, 6) is 3.02. The Bertz CT molecular complexity index is 881. The molecule has 27 heavy (non-hydrogen) atoms. The highest BCUT2D eigenvalue weighted by atomic mass is 32.1.